The van der Waals surface area contributed by atoms with E-state index < -0.39 is 0 Å². The predicted octanol–water partition coefficient (Wildman–Crippen LogP) is -0.0323. The van der Waals surface area contributed by atoms with Gasteiger partial charge in [0.25, 0.3) is 0 Å². The van der Waals surface area contributed by atoms with Crippen LogP contribution >= 0.6 is 0 Å². The maximum absolute atomic E-state index is 11.4. The minimum Gasteiger partial charge on any atom is -0.392 e. The molecule has 4 nitrogen and oxygen atoms in total. The van der Waals surface area contributed by atoms with E-state index in [1.165, 1.54) is 0 Å². The third-order valence-corrected chi connectivity index (χ3v) is 3.02. The van der Waals surface area contributed by atoms with Crippen LogP contribution in [0, 0.1) is 5.92 Å². The summed E-state index contributed by atoms with van der Waals surface area (Å²) in [4.78, 5) is 13.3. The third kappa shape index (κ3) is 3.80. The summed E-state index contributed by atoms with van der Waals surface area (Å²) in [5.41, 5.74) is 0. The number of nitrogens with one attached hydrogen (secondary N) is 1. The zero-order chi connectivity index (χ0) is 10.8. The molecule has 0 heterocycles. The van der Waals surface area contributed by atoms with Crippen molar-refractivity contribution in [3.63, 3.8) is 0 Å². The van der Waals surface area contributed by atoms with Crippen LogP contribution in [-0.4, -0.2) is 48.2 Å². The molecule has 0 bridgehead atoms. The maximum atomic E-state index is 11.4. The van der Waals surface area contributed by atoms with Gasteiger partial charge in [0.05, 0.1) is 12.6 Å². The zero-order valence-corrected chi connectivity index (χ0v) is 9.28. The Labute approximate surface area is 90.6 Å². The molecular weight excluding hydrogens is 192 g/mol. The van der Waals surface area contributed by atoms with Crippen molar-refractivity contribution in [3.8, 4) is 0 Å². The van der Waals surface area contributed by atoms with Crippen molar-refractivity contribution in [2.24, 2.45) is 5.92 Å². The van der Waals surface area contributed by atoms with E-state index in [4.69, 9.17) is 0 Å². The molecule has 0 saturated heterocycles. The predicted molar refractivity (Wildman–Crippen MR) is 57.4 cm³/mol. The van der Waals surface area contributed by atoms with Crippen molar-refractivity contribution in [2.45, 2.75) is 37.8 Å². The van der Waals surface area contributed by atoms with E-state index >= 15 is 0 Å². The molecular formula is C11H20N2O2. The Morgan fingerprint density at radius 3 is 2.67 bits per heavy atom. The molecule has 2 aliphatic rings. The van der Waals surface area contributed by atoms with Gasteiger partial charge in [0.1, 0.15) is 0 Å². The molecule has 86 valence electrons. The number of nitrogens with zero attached hydrogens (tertiary/aromatic N) is 1. The van der Waals surface area contributed by atoms with Gasteiger partial charge in [0.15, 0.2) is 0 Å². The van der Waals surface area contributed by atoms with E-state index in [1.807, 2.05) is 11.9 Å². The normalized spacial score (nSPS) is 22.9. The third-order valence-electron chi connectivity index (χ3n) is 3.02. The number of carbonyl (C=O) groups is 1. The van der Waals surface area contributed by atoms with Gasteiger partial charge >= 0.3 is 0 Å². The lowest BCUT2D eigenvalue weighted by atomic mass is 10.2. The molecule has 15 heavy (non-hydrogen) atoms. The maximum Gasteiger partial charge on any atom is 0.234 e. The van der Waals surface area contributed by atoms with Crippen LogP contribution in [0.5, 0.6) is 0 Å². The van der Waals surface area contributed by atoms with Gasteiger partial charge in [-0.05, 0) is 38.6 Å². The van der Waals surface area contributed by atoms with Crippen molar-refractivity contribution >= 4 is 5.91 Å². The Morgan fingerprint density at radius 1 is 1.47 bits per heavy atom. The summed E-state index contributed by atoms with van der Waals surface area (Å²) in [7, 11) is 1.89. The number of aliphatic hydroxyl groups is 1. The molecule has 2 fully saturated rings. The van der Waals surface area contributed by atoms with E-state index in [2.05, 4.69) is 5.32 Å². The average Bonchev–Trinajstić information content (AvgIpc) is 2.99. The first-order valence-corrected chi connectivity index (χ1v) is 5.81. The number of aliphatic hydroxyl groups excluding tert-OH is 1. The molecule has 0 spiro atoms. The summed E-state index contributed by atoms with van der Waals surface area (Å²) in [5.74, 6) is 0.571. The molecule has 0 aromatic carbocycles. The highest BCUT2D eigenvalue weighted by molar-refractivity contribution is 5.78. The van der Waals surface area contributed by atoms with E-state index in [9.17, 15) is 9.90 Å². The van der Waals surface area contributed by atoms with Crippen molar-refractivity contribution in [1.29, 1.82) is 0 Å². The van der Waals surface area contributed by atoms with E-state index in [-0.39, 0.29) is 12.0 Å². The zero-order valence-electron chi connectivity index (χ0n) is 9.28. The van der Waals surface area contributed by atoms with Crippen LogP contribution < -0.4 is 5.32 Å². The van der Waals surface area contributed by atoms with Crippen LogP contribution in [0.25, 0.3) is 0 Å². The van der Waals surface area contributed by atoms with Crippen molar-refractivity contribution < 1.29 is 9.90 Å². The standard InChI is InChI=1S/C11H20N2O2/c1-13(6-10(14)8-2-3-8)7-11(15)12-9-4-5-9/h8-10,14H,2-7H2,1H3,(H,12,15). The summed E-state index contributed by atoms with van der Waals surface area (Å²) in [6.45, 7) is 1.02. The van der Waals surface area contributed by atoms with Gasteiger partial charge in [0, 0.05) is 12.6 Å². The molecule has 4 heteroatoms. The monoisotopic (exact) mass is 212 g/mol. The van der Waals surface area contributed by atoms with Gasteiger partial charge < -0.3 is 10.4 Å². The molecule has 0 aliphatic heterocycles. The molecule has 2 N–H and O–H groups in total. The Hall–Kier alpha value is -0.610. The van der Waals surface area contributed by atoms with Gasteiger partial charge in [-0.15, -0.1) is 0 Å². The highest BCUT2D eigenvalue weighted by atomic mass is 16.3. The molecule has 0 aromatic rings. The SMILES string of the molecule is CN(CC(=O)NC1CC1)CC(O)C1CC1. The second-order valence-corrected chi connectivity index (χ2v) is 4.94. The van der Waals surface area contributed by atoms with Crippen LogP contribution in [0.15, 0.2) is 0 Å². The fourth-order valence-corrected chi connectivity index (χ4v) is 1.76. The van der Waals surface area contributed by atoms with Crippen LogP contribution in [0.2, 0.25) is 0 Å². The van der Waals surface area contributed by atoms with Gasteiger partial charge in [-0.25, -0.2) is 0 Å². The molecule has 0 radical (unpaired) electrons. The quantitative estimate of drug-likeness (QED) is 0.650. The van der Waals surface area contributed by atoms with E-state index in [1.54, 1.807) is 0 Å². The topological polar surface area (TPSA) is 52.6 Å². The lowest BCUT2D eigenvalue weighted by Crippen LogP contribution is -2.39. The summed E-state index contributed by atoms with van der Waals surface area (Å²) < 4.78 is 0. The lowest BCUT2D eigenvalue weighted by Gasteiger charge is -2.19. The first kappa shape index (κ1) is 10.9. The highest BCUT2D eigenvalue weighted by Crippen LogP contribution is 2.32. The Bertz CT molecular complexity index is 237. The van der Waals surface area contributed by atoms with Crippen molar-refractivity contribution in [3.05, 3.63) is 0 Å². The first-order chi connectivity index (χ1) is 7.15. The summed E-state index contributed by atoms with van der Waals surface area (Å²) in [5, 5.41) is 12.6. The molecule has 2 saturated carbocycles. The molecule has 1 atom stereocenters. The van der Waals surface area contributed by atoms with Gasteiger partial charge in [-0.2, -0.15) is 0 Å². The minimum atomic E-state index is -0.247. The Kier molecular flexibility index (Phi) is 3.26. The average molecular weight is 212 g/mol. The lowest BCUT2D eigenvalue weighted by molar-refractivity contribution is -0.122. The van der Waals surface area contributed by atoms with Crippen LogP contribution in [-0.2, 0) is 4.79 Å². The van der Waals surface area contributed by atoms with E-state index in [0.717, 1.165) is 25.7 Å². The van der Waals surface area contributed by atoms with Crippen LogP contribution in [0.3, 0.4) is 0 Å². The Balaban J connectivity index is 1.61. The van der Waals surface area contributed by atoms with Crippen molar-refractivity contribution in [1.82, 2.24) is 10.2 Å². The van der Waals surface area contributed by atoms with Crippen molar-refractivity contribution in [2.75, 3.05) is 20.1 Å². The second kappa shape index (κ2) is 4.49. The number of hydrogen-bond acceptors (Lipinski definition) is 3. The van der Waals surface area contributed by atoms with Gasteiger partial charge in [0.2, 0.25) is 5.91 Å². The number of likely N-dealkylation sites (N-methyl/N-ethyl adjacent to an activating group) is 1. The fraction of sp³-hybridized carbons (Fsp3) is 0.909. The highest BCUT2D eigenvalue weighted by Gasteiger charge is 2.30. The molecule has 2 aliphatic carbocycles. The molecule has 2 rings (SSSR count). The number of rotatable bonds is 6. The summed E-state index contributed by atoms with van der Waals surface area (Å²) in [6, 6.07) is 0.430. The largest absolute Gasteiger partial charge is 0.392 e. The summed E-state index contributed by atoms with van der Waals surface area (Å²) in [6.07, 6.45) is 4.29. The van der Waals surface area contributed by atoms with Gasteiger partial charge in [-0.3, -0.25) is 9.69 Å². The number of amides is 1. The molecule has 1 unspecified atom stereocenters. The number of hydrogen-bond donors (Lipinski definition) is 2. The van der Waals surface area contributed by atoms with E-state index in [0.29, 0.717) is 25.0 Å². The van der Waals surface area contributed by atoms with Crippen LogP contribution in [0.4, 0.5) is 0 Å². The fourth-order valence-electron chi connectivity index (χ4n) is 1.76. The second-order valence-electron chi connectivity index (χ2n) is 4.94. The Morgan fingerprint density at radius 2 is 2.13 bits per heavy atom. The number of carbonyl (C=O) groups excluding carboxylic acids is 1. The van der Waals surface area contributed by atoms with Gasteiger partial charge in [-0.1, -0.05) is 0 Å². The first-order valence-electron chi connectivity index (χ1n) is 5.81. The molecule has 1 amide bonds. The minimum absolute atomic E-state index is 0.0861. The summed E-state index contributed by atoms with van der Waals surface area (Å²) >= 11 is 0. The van der Waals surface area contributed by atoms with Crippen LogP contribution in [0.1, 0.15) is 25.7 Å². The smallest absolute Gasteiger partial charge is 0.234 e. The molecule has 0 aromatic heterocycles.